The molecule has 1 saturated heterocycles. The molecular weight excluding hydrogens is 294 g/mol. The van der Waals surface area contributed by atoms with E-state index in [4.69, 9.17) is 4.74 Å². The highest BCUT2D eigenvalue weighted by Gasteiger charge is 2.25. The number of pyridine rings is 1. The summed E-state index contributed by atoms with van der Waals surface area (Å²) >= 11 is 0. The maximum absolute atomic E-state index is 12.4. The van der Waals surface area contributed by atoms with Crippen molar-refractivity contribution in [2.45, 2.75) is 32.6 Å². The van der Waals surface area contributed by atoms with Crippen LogP contribution in [0.4, 0.5) is 4.79 Å². The van der Waals surface area contributed by atoms with Crippen molar-refractivity contribution in [1.82, 2.24) is 25.0 Å². The molecule has 7 nitrogen and oxygen atoms in total. The van der Waals surface area contributed by atoms with Crippen LogP contribution in [-0.2, 0) is 11.3 Å². The topological polar surface area (TPSA) is 72.3 Å². The molecule has 2 amide bonds. The monoisotopic (exact) mass is 315 g/mol. The van der Waals surface area contributed by atoms with Gasteiger partial charge in [0.1, 0.15) is 0 Å². The van der Waals surface area contributed by atoms with Crippen molar-refractivity contribution in [3.05, 3.63) is 42.4 Å². The van der Waals surface area contributed by atoms with Crippen LogP contribution >= 0.6 is 0 Å². The van der Waals surface area contributed by atoms with Gasteiger partial charge in [-0.05, 0) is 26.0 Å². The quantitative estimate of drug-likeness (QED) is 0.933. The summed E-state index contributed by atoms with van der Waals surface area (Å²) in [6, 6.07) is 5.55. The van der Waals surface area contributed by atoms with E-state index in [2.05, 4.69) is 15.4 Å². The van der Waals surface area contributed by atoms with Gasteiger partial charge in [0.05, 0.1) is 12.2 Å². The van der Waals surface area contributed by atoms with Crippen LogP contribution in [0.5, 0.6) is 0 Å². The molecule has 0 spiro atoms. The third-order valence-electron chi connectivity index (χ3n) is 3.73. The van der Waals surface area contributed by atoms with Gasteiger partial charge in [0.2, 0.25) is 0 Å². The molecular formula is C16H21N5O2. The fourth-order valence-corrected chi connectivity index (χ4v) is 2.80. The van der Waals surface area contributed by atoms with Crippen LogP contribution in [0.1, 0.15) is 19.4 Å². The summed E-state index contributed by atoms with van der Waals surface area (Å²) < 4.78 is 7.35. The van der Waals surface area contributed by atoms with E-state index in [1.807, 2.05) is 38.2 Å². The largest absolute Gasteiger partial charge is 0.372 e. The van der Waals surface area contributed by atoms with E-state index in [1.165, 1.54) is 0 Å². The summed E-state index contributed by atoms with van der Waals surface area (Å²) in [5.41, 5.74) is 0.916. The molecule has 1 aliphatic heterocycles. The van der Waals surface area contributed by atoms with Crippen LogP contribution in [0.25, 0.3) is 5.82 Å². The number of amides is 2. The molecule has 0 radical (unpaired) electrons. The summed E-state index contributed by atoms with van der Waals surface area (Å²) in [6.45, 7) is 5.58. The lowest BCUT2D eigenvalue weighted by Gasteiger charge is -2.35. The van der Waals surface area contributed by atoms with Gasteiger partial charge in [0.15, 0.2) is 5.82 Å². The van der Waals surface area contributed by atoms with E-state index in [-0.39, 0.29) is 18.2 Å². The Morgan fingerprint density at radius 3 is 2.78 bits per heavy atom. The Balaban J connectivity index is 1.66. The Hall–Kier alpha value is -2.41. The molecule has 3 heterocycles. The number of ether oxygens (including phenoxy) is 1. The van der Waals surface area contributed by atoms with Crippen LogP contribution in [0.2, 0.25) is 0 Å². The predicted octanol–water partition coefficient (Wildman–Crippen LogP) is 1.59. The molecule has 23 heavy (non-hydrogen) atoms. The third-order valence-corrected chi connectivity index (χ3v) is 3.73. The molecule has 122 valence electrons. The molecule has 3 rings (SSSR count). The number of carbonyl (C=O) groups is 1. The smallest absolute Gasteiger partial charge is 0.317 e. The molecule has 1 N–H and O–H groups in total. The number of nitrogens with zero attached hydrogens (tertiary/aromatic N) is 4. The first-order chi connectivity index (χ1) is 11.1. The minimum Gasteiger partial charge on any atom is -0.372 e. The summed E-state index contributed by atoms with van der Waals surface area (Å²) in [4.78, 5) is 18.5. The first-order valence-corrected chi connectivity index (χ1v) is 7.75. The number of hydrogen-bond donors (Lipinski definition) is 1. The van der Waals surface area contributed by atoms with Gasteiger partial charge >= 0.3 is 6.03 Å². The zero-order valence-corrected chi connectivity index (χ0v) is 13.3. The second-order valence-electron chi connectivity index (χ2n) is 5.76. The van der Waals surface area contributed by atoms with E-state index < -0.39 is 0 Å². The normalized spacial score (nSPS) is 21.2. The molecule has 1 aliphatic rings. The first-order valence-electron chi connectivity index (χ1n) is 7.75. The molecule has 2 aromatic rings. The second-order valence-corrected chi connectivity index (χ2v) is 5.76. The van der Waals surface area contributed by atoms with Crippen molar-refractivity contribution in [3.63, 3.8) is 0 Å². The number of urea groups is 1. The number of morpholine rings is 1. The lowest BCUT2D eigenvalue weighted by molar-refractivity contribution is -0.0545. The van der Waals surface area contributed by atoms with Crippen LogP contribution in [0.3, 0.4) is 0 Å². The molecule has 2 aromatic heterocycles. The zero-order valence-electron chi connectivity index (χ0n) is 13.3. The molecule has 0 aliphatic carbocycles. The minimum absolute atomic E-state index is 0.0579. The minimum atomic E-state index is -0.0812. The predicted molar refractivity (Wildman–Crippen MR) is 85.2 cm³/mol. The molecule has 2 atom stereocenters. The van der Waals surface area contributed by atoms with Crippen LogP contribution < -0.4 is 5.32 Å². The van der Waals surface area contributed by atoms with Crippen molar-refractivity contribution < 1.29 is 9.53 Å². The van der Waals surface area contributed by atoms with Gasteiger partial charge in [-0.15, -0.1) is 0 Å². The van der Waals surface area contributed by atoms with Crippen molar-refractivity contribution >= 4 is 6.03 Å². The summed E-state index contributed by atoms with van der Waals surface area (Å²) in [6.07, 6.45) is 5.37. The molecule has 0 bridgehead atoms. The second kappa shape index (κ2) is 6.78. The lowest BCUT2D eigenvalue weighted by atomic mass is 10.2. The maximum atomic E-state index is 12.4. The highest BCUT2D eigenvalue weighted by Crippen LogP contribution is 2.12. The molecule has 7 heteroatoms. The van der Waals surface area contributed by atoms with Gasteiger partial charge < -0.3 is 15.0 Å². The van der Waals surface area contributed by atoms with Gasteiger partial charge in [0, 0.05) is 43.8 Å². The van der Waals surface area contributed by atoms with E-state index >= 15 is 0 Å². The third kappa shape index (κ3) is 3.68. The van der Waals surface area contributed by atoms with E-state index in [0.29, 0.717) is 19.6 Å². The molecule has 0 aromatic carbocycles. The van der Waals surface area contributed by atoms with Crippen molar-refractivity contribution in [2.75, 3.05) is 13.1 Å². The number of hydrogen-bond acceptors (Lipinski definition) is 4. The van der Waals surface area contributed by atoms with Gasteiger partial charge in [0.25, 0.3) is 0 Å². The average Bonchev–Trinajstić information content (AvgIpc) is 3.06. The summed E-state index contributed by atoms with van der Waals surface area (Å²) in [7, 11) is 0. The molecule has 1 fully saturated rings. The SMILES string of the molecule is C[C@@H]1CN(C(=O)NCc2cccnc2-n2cccn2)C[C@H](C)O1. The Morgan fingerprint density at radius 2 is 2.09 bits per heavy atom. The van der Waals surface area contributed by atoms with Crippen molar-refractivity contribution in [2.24, 2.45) is 0 Å². The molecule has 0 unspecified atom stereocenters. The number of rotatable bonds is 3. The maximum Gasteiger partial charge on any atom is 0.317 e. The van der Waals surface area contributed by atoms with Crippen molar-refractivity contribution in [1.29, 1.82) is 0 Å². The molecule has 0 saturated carbocycles. The zero-order chi connectivity index (χ0) is 16.2. The average molecular weight is 315 g/mol. The Labute approximate surface area is 135 Å². The number of aromatic nitrogens is 3. The fraction of sp³-hybridized carbons (Fsp3) is 0.438. The Kier molecular flexibility index (Phi) is 4.57. The number of carbonyl (C=O) groups excluding carboxylic acids is 1. The first kappa shape index (κ1) is 15.5. The highest BCUT2D eigenvalue weighted by molar-refractivity contribution is 5.74. The van der Waals surface area contributed by atoms with Gasteiger partial charge in [-0.25, -0.2) is 14.5 Å². The standard InChI is InChI=1S/C16H21N5O2/c1-12-10-20(11-13(2)23-12)16(22)18-9-14-5-3-6-17-15(14)21-8-4-7-19-21/h3-8,12-13H,9-11H2,1-2H3,(H,18,22)/t12-,13+. The lowest BCUT2D eigenvalue weighted by Crippen LogP contribution is -2.51. The van der Waals surface area contributed by atoms with Crippen molar-refractivity contribution in [3.8, 4) is 5.82 Å². The summed E-state index contributed by atoms with van der Waals surface area (Å²) in [5, 5.41) is 7.16. The van der Waals surface area contributed by atoms with Gasteiger partial charge in [-0.2, -0.15) is 5.10 Å². The Bertz CT molecular complexity index is 648. The van der Waals surface area contributed by atoms with Crippen LogP contribution in [-0.4, -0.2) is 51.0 Å². The Morgan fingerprint density at radius 1 is 1.30 bits per heavy atom. The van der Waals surface area contributed by atoms with E-state index in [0.717, 1.165) is 11.4 Å². The summed E-state index contributed by atoms with van der Waals surface area (Å²) in [5.74, 6) is 0.724. The van der Waals surface area contributed by atoms with E-state index in [9.17, 15) is 4.79 Å². The van der Waals surface area contributed by atoms with Crippen LogP contribution in [0, 0.1) is 0 Å². The van der Waals surface area contributed by atoms with Crippen LogP contribution in [0.15, 0.2) is 36.8 Å². The fourth-order valence-electron chi connectivity index (χ4n) is 2.80. The van der Waals surface area contributed by atoms with Gasteiger partial charge in [-0.1, -0.05) is 6.07 Å². The number of nitrogens with one attached hydrogen (secondary N) is 1. The highest BCUT2D eigenvalue weighted by atomic mass is 16.5. The van der Waals surface area contributed by atoms with E-state index in [1.54, 1.807) is 22.0 Å². The van der Waals surface area contributed by atoms with Gasteiger partial charge in [-0.3, -0.25) is 0 Å².